The number of rotatable bonds is 8. The molecule has 322 valence electrons. The van der Waals surface area contributed by atoms with Crippen molar-refractivity contribution in [3.63, 3.8) is 0 Å². The van der Waals surface area contributed by atoms with E-state index < -0.39 is 5.41 Å². The normalized spacial score (nSPS) is 12.9. The van der Waals surface area contributed by atoms with E-state index in [9.17, 15) is 0 Å². The lowest BCUT2D eigenvalue weighted by atomic mass is 9.67. The average Bonchev–Trinajstić information content (AvgIpc) is 3.88. The second-order valence-corrected chi connectivity index (χ2v) is 18.7. The number of hydrogen-bond donors (Lipinski definition) is 0. The highest BCUT2D eigenvalue weighted by Crippen LogP contribution is 2.56. The highest BCUT2D eigenvalue weighted by atomic mass is 15.0. The number of fused-ring (bicyclic) bond motifs is 8. The van der Waals surface area contributed by atoms with Gasteiger partial charge in [0.25, 0.3) is 0 Å². The fourth-order valence-corrected chi connectivity index (χ4v) is 11.1. The molecule has 0 saturated carbocycles. The van der Waals surface area contributed by atoms with Crippen LogP contribution in [0.3, 0.4) is 0 Å². The third-order valence-electron chi connectivity index (χ3n) is 14.1. The van der Waals surface area contributed by atoms with E-state index in [-0.39, 0.29) is 0 Å². The Hall–Kier alpha value is -8.47. The first-order valence-corrected chi connectivity index (χ1v) is 23.7. The Morgan fingerprint density at radius 1 is 0.397 bits per heavy atom. The molecule has 0 unspecified atom stereocenters. The Labute approximate surface area is 395 Å². The summed E-state index contributed by atoms with van der Waals surface area (Å²) in [5.41, 5.74) is 14.6. The predicted octanol–water partition coefficient (Wildman–Crippen LogP) is 15.8. The first-order chi connectivity index (χ1) is 33.5. The molecule has 0 amide bonds. The fraction of sp³-hybridized carbons (Fsp3) is 0.0781. The summed E-state index contributed by atoms with van der Waals surface area (Å²) in [7, 11) is 0. The molecule has 68 heavy (non-hydrogen) atoms. The summed E-state index contributed by atoms with van der Waals surface area (Å²) in [6, 6.07) is 81.7. The third kappa shape index (κ3) is 6.40. The first-order valence-electron chi connectivity index (χ1n) is 23.7. The summed E-state index contributed by atoms with van der Waals surface area (Å²) in [6.07, 6.45) is 1.06. The van der Waals surface area contributed by atoms with Gasteiger partial charge in [-0.1, -0.05) is 196 Å². The topological polar surface area (TPSA) is 43.6 Å². The fourth-order valence-electron chi connectivity index (χ4n) is 11.1. The van der Waals surface area contributed by atoms with Crippen LogP contribution in [0.25, 0.3) is 94.3 Å². The van der Waals surface area contributed by atoms with E-state index in [1.165, 1.54) is 71.5 Å². The summed E-state index contributed by atoms with van der Waals surface area (Å²) < 4.78 is 2.43. The zero-order valence-corrected chi connectivity index (χ0v) is 37.9. The molecule has 2 heterocycles. The summed E-state index contributed by atoms with van der Waals surface area (Å²) >= 11 is 0. The molecule has 0 N–H and O–H groups in total. The van der Waals surface area contributed by atoms with Crippen LogP contribution < -0.4 is 0 Å². The van der Waals surface area contributed by atoms with E-state index in [0.29, 0.717) is 23.4 Å². The van der Waals surface area contributed by atoms with Crippen LogP contribution in [-0.4, -0.2) is 19.5 Å². The molecule has 1 aliphatic carbocycles. The van der Waals surface area contributed by atoms with Crippen LogP contribution in [0, 0.1) is 5.92 Å². The van der Waals surface area contributed by atoms with E-state index in [2.05, 4.69) is 243 Å². The van der Waals surface area contributed by atoms with Crippen LogP contribution in [-0.2, 0) is 11.8 Å². The molecule has 12 aromatic rings. The molecule has 1 aliphatic rings. The Kier molecular flexibility index (Phi) is 9.29. The van der Waals surface area contributed by atoms with Crippen LogP contribution in [0.4, 0.5) is 0 Å². The van der Waals surface area contributed by atoms with Gasteiger partial charge in [-0.15, -0.1) is 0 Å². The van der Waals surface area contributed by atoms with Crippen molar-refractivity contribution in [2.45, 2.75) is 25.7 Å². The molecule has 0 radical (unpaired) electrons. The van der Waals surface area contributed by atoms with Gasteiger partial charge < -0.3 is 4.57 Å². The van der Waals surface area contributed by atoms with Crippen molar-refractivity contribution in [1.29, 1.82) is 0 Å². The van der Waals surface area contributed by atoms with Crippen LogP contribution in [0.5, 0.6) is 0 Å². The first kappa shape index (κ1) is 39.9. The molecule has 0 aliphatic heterocycles. The molecular weight excluding hydrogens is 825 g/mol. The maximum Gasteiger partial charge on any atom is 0.164 e. The van der Waals surface area contributed by atoms with Gasteiger partial charge in [0.2, 0.25) is 0 Å². The standard InChI is InChI=1S/C64H46N4/c1-41(2)37-42-23-36-60-56(38-42)55-19-9-12-22-59(55)68(60)52-34-32-51(33-35-52)64(57-20-10-7-17-53(57)54-18-8-11-21-58(54)64)50-30-28-45(29-31-50)61-65-62(48-26-24-43-13-3-5-15-46(43)39-48)67-63(66-61)49-27-25-44-14-4-6-16-47(44)40-49/h3-36,38-41H,37H2,1-2H3. The predicted molar refractivity (Wildman–Crippen MR) is 281 cm³/mol. The van der Waals surface area contributed by atoms with Crippen molar-refractivity contribution in [2.24, 2.45) is 5.92 Å². The monoisotopic (exact) mass is 870 g/mol. The number of aromatic nitrogens is 4. The van der Waals surface area contributed by atoms with Crippen molar-refractivity contribution in [3.8, 4) is 51.0 Å². The molecule has 2 aromatic heterocycles. The molecule has 0 saturated heterocycles. The van der Waals surface area contributed by atoms with Crippen LogP contribution >= 0.6 is 0 Å². The molecule has 0 bridgehead atoms. The smallest absolute Gasteiger partial charge is 0.164 e. The number of hydrogen-bond acceptors (Lipinski definition) is 3. The zero-order valence-electron chi connectivity index (χ0n) is 37.9. The highest BCUT2D eigenvalue weighted by Gasteiger charge is 2.46. The maximum absolute atomic E-state index is 5.21. The lowest BCUT2D eigenvalue weighted by Crippen LogP contribution is -2.28. The molecule has 10 aromatic carbocycles. The van der Waals surface area contributed by atoms with Crippen LogP contribution in [0.1, 0.15) is 41.7 Å². The third-order valence-corrected chi connectivity index (χ3v) is 14.1. The number of para-hydroxylation sites is 1. The van der Waals surface area contributed by atoms with Gasteiger partial charge in [-0.2, -0.15) is 0 Å². The van der Waals surface area contributed by atoms with Crippen molar-refractivity contribution in [1.82, 2.24) is 19.5 Å². The molecule has 13 rings (SSSR count). The summed E-state index contributed by atoms with van der Waals surface area (Å²) in [5, 5.41) is 7.22. The lowest BCUT2D eigenvalue weighted by Gasteiger charge is -2.34. The van der Waals surface area contributed by atoms with Crippen LogP contribution in [0.2, 0.25) is 0 Å². The van der Waals surface area contributed by atoms with Gasteiger partial charge in [-0.05, 0) is 115 Å². The molecule has 0 atom stereocenters. The van der Waals surface area contributed by atoms with E-state index in [1.54, 1.807) is 0 Å². The minimum Gasteiger partial charge on any atom is -0.309 e. The minimum atomic E-state index is -0.581. The van der Waals surface area contributed by atoms with Gasteiger partial charge in [0, 0.05) is 33.2 Å². The van der Waals surface area contributed by atoms with Crippen molar-refractivity contribution in [2.75, 3.05) is 0 Å². The second kappa shape index (κ2) is 15.9. The molecule has 0 spiro atoms. The van der Waals surface area contributed by atoms with Crippen molar-refractivity contribution < 1.29 is 0 Å². The zero-order chi connectivity index (χ0) is 45.3. The van der Waals surface area contributed by atoms with Gasteiger partial charge in [0.05, 0.1) is 16.4 Å². The van der Waals surface area contributed by atoms with Crippen molar-refractivity contribution in [3.05, 3.63) is 252 Å². The largest absolute Gasteiger partial charge is 0.309 e. The molecule has 4 heteroatoms. The van der Waals surface area contributed by atoms with E-state index >= 15 is 0 Å². The maximum atomic E-state index is 5.21. The summed E-state index contributed by atoms with van der Waals surface area (Å²) in [6.45, 7) is 4.58. The highest BCUT2D eigenvalue weighted by molar-refractivity contribution is 6.09. The van der Waals surface area contributed by atoms with Gasteiger partial charge in [-0.3, -0.25) is 0 Å². The van der Waals surface area contributed by atoms with Gasteiger partial charge in [0.1, 0.15) is 0 Å². The van der Waals surface area contributed by atoms with Gasteiger partial charge in [-0.25, -0.2) is 15.0 Å². The van der Waals surface area contributed by atoms with E-state index in [0.717, 1.165) is 39.6 Å². The molecular formula is C64H46N4. The molecule has 4 nitrogen and oxygen atoms in total. The summed E-state index contributed by atoms with van der Waals surface area (Å²) in [5.74, 6) is 2.50. The van der Waals surface area contributed by atoms with Gasteiger partial charge >= 0.3 is 0 Å². The summed E-state index contributed by atoms with van der Waals surface area (Å²) in [4.78, 5) is 15.6. The SMILES string of the molecule is CC(C)Cc1ccc2c(c1)c1ccccc1n2-c1ccc(C2(c3ccc(-c4nc(-c5ccc6ccccc6c5)nc(-c5ccc6ccccc6c5)n4)cc3)c3ccccc3-c3ccccc32)cc1. The quantitative estimate of drug-likeness (QED) is 0.153. The lowest BCUT2D eigenvalue weighted by molar-refractivity contribution is 0.648. The van der Waals surface area contributed by atoms with E-state index in [1.807, 2.05) is 0 Å². The second-order valence-electron chi connectivity index (χ2n) is 18.7. The Morgan fingerprint density at radius 2 is 0.868 bits per heavy atom. The van der Waals surface area contributed by atoms with E-state index in [4.69, 9.17) is 15.0 Å². The number of benzene rings is 10. The minimum absolute atomic E-state index is 0.581. The Balaban J connectivity index is 0.962. The van der Waals surface area contributed by atoms with Crippen molar-refractivity contribution >= 4 is 43.4 Å². The molecule has 0 fully saturated rings. The Bertz CT molecular complexity index is 3770. The average molecular weight is 871 g/mol. The number of nitrogens with zero attached hydrogens (tertiary/aromatic N) is 4. The van der Waals surface area contributed by atoms with Gasteiger partial charge in [0.15, 0.2) is 17.5 Å². The van der Waals surface area contributed by atoms with Crippen LogP contribution in [0.15, 0.2) is 224 Å². The Morgan fingerprint density at radius 3 is 1.46 bits per heavy atom.